The van der Waals surface area contributed by atoms with Crippen molar-refractivity contribution in [1.82, 2.24) is 15.6 Å². The summed E-state index contributed by atoms with van der Waals surface area (Å²) >= 11 is 1.50. The Morgan fingerprint density at radius 3 is 2.71 bits per heavy atom. The van der Waals surface area contributed by atoms with Crippen LogP contribution in [0.1, 0.15) is 19.5 Å². The molecule has 1 heterocycles. The first-order valence-corrected chi connectivity index (χ1v) is 7.63. The number of rotatable bonds is 6. The number of thiazole rings is 1. The van der Waals surface area contributed by atoms with Crippen LogP contribution < -0.4 is 10.6 Å². The molecule has 1 amide bonds. The Bertz CT molecular complexity index is 595. The fourth-order valence-corrected chi connectivity index (χ4v) is 2.62. The van der Waals surface area contributed by atoms with E-state index in [1.165, 1.54) is 23.5 Å². The average Bonchev–Trinajstić information content (AvgIpc) is 2.87. The number of carbonyl (C=O) groups excluding carboxylic acids is 1. The Kier molecular flexibility index (Phi) is 5.41. The molecule has 2 N–H and O–H groups in total. The van der Waals surface area contributed by atoms with Crippen LogP contribution in [0.25, 0.3) is 10.6 Å². The van der Waals surface area contributed by atoms with Gasteiger partial charge < -0.3 is 10.6 Å². The van der Waals surface area contributed by atoms with Crippen molar-refractivity contribution in [2.45, 2.75) is 26.4 Å². The minimum atomic E-state index is -0.256. The van der Waals surface area contributed by atoms with Crippen LogP contribution in [0.5, 0.6) is 0 Å². The monoisotopic (exact) mass is 307 g/mol. The molecule has 0 aliphatic heterocycles. The molecule has 0 saturated heterocycles. The number of aromatic nitrogens is 1. The van der Waals surface area contributed by atoms with Crippen LogP contribution >= 0.6 is 11.3 Å². The molecule has 2 rings (SSSR count). The van der Waals surface area contributed by atoms with Crippen molar-refractivity contribution in [3.8, 4) is 10.6 Å². The van der Waals surface area contributed by atoms with Crippen molar-refractivity contribution in [3.63, 3.8) is 0 Å². The molecule has 0 spiro atoms. The number of halogens is 1. The highest BCUT2D eigenvalue weighted by molar-refractivity contribution is 7.13. The maximum absolute atomic E-state index is 12.9. The highest BCUT2D eigenvalue weighted by Crippen LogP contribution is 2.23. The van der Waals surface area contributed by atoms with Crippen LogP contribution in [0.15, 0.2) is 29.6 Å². The van der Waals surface area contributed by atoms with Gasteiger partial charge in [-0.1, -0.05) is 0 Å². The lowest BCUT2D eigenvalue weighted by Crippen LogP contribution is -2.37. The summed E-state index contributed by atoms with van der Waals surface area (Å²) in [5.41, 5.74) is 1.77. The third-order valence-corrected chi connectivity index (χ3v) is 3.62. The first-order valence-electron chi connectivity index (χ1n) is 6.75. The fourth-order valence-electron chi connectivity index (χ4n) is 1.79. The summed E-state index contributed by atoms with van der Waals surface area (Å²) < 4.78 is 12.9. The van der Waals surface area contributed by atoms with Gasteiger partial charge in [-0.05, 0) is 38.1 Å². The molecule has 0 aliphatic rings. The maximum atomic E-state index is 12.9. The number of carbonyl (C=O) groups is 1. The number of hydrogen-bond acceptors (Lipinski definition) is 4. The van der Waals surface area contributed by atoms with Gasteiger partial charge in [0.1, 0.15) is 10.8 Å². The predicted octanol–water partition coefficient (Wildman–Crippen LogP) is 2.56. The summed E-state index contributed by atoms with van der Waals surface area (Å²) in [7, 11) is 0. The molecule has 112 valence electrons. The zero-order valence-corrected chi connectivity index (χ0v) is 12.8. The van der Waals surface area contributed by atoms with Crippen LogP contribution in [-0.2, 0) is 11.3 Å². The molecule has 4 nitrogen and oxygen atoms in total. The van der Waals surface area contributed by atoms with Gasteiger partial charge in [0, 0.05) is 23.5 Å². The van der Waals surface area contributed by atoms with Crippen LogP contribution in [0, 0.1) is 5.82 Å². The van der Waals surface area contributed by atoms with Crippen LogP contribution in [0.2, 0.25) is 0 Å². The summed E-state index contributed by atoms with van der Waals surface area (Å²) in [5, 5.41) is 8.65. The standard InChI is InChI=1S/C15H18FN3OS/c1-10(2)18-14(20)8-17-7-13-9-21-15(19-13)11-3-5-12(16)6-4-11/h3-6,9-10,17H,7-8H2,1-2H3,(H,18,20). The van der Waals surface area contributed by atoms with E-state index in [4.69, 9.17) is 0 Å². The first kappa shape index (κ1) is 15.6. The second-order valence-corrected chi connectivity index (χ2v) is 5.83. The van der Waals surface area contributed by atoms with Crippen LogP contribution in [0.4, 0.5) is 4.39 Å². The van der Waals surface area contributed by atoms with E-state index in [1.54, 1.807) is 12.1 Å². The van der Waals surface area contributed by atoms with Gasteiger partial charge in [0.2, 0.25) is 5.91 Å². The maximum Gasteiger partial charge on any atom is 0.234 e. The van der Waals surface area contributed by atoms with Gasteiger partial charge in [-0.3, -0.25) is 4.79 Å². The number of amides is 1. The molecular formula is C15H18FN3OS. The smallest absolute Gasteiger partial charge is 0.234 e. The highest BCUT2D eigenvalue weighted by Gasteiger charge is 2.06. The first-order chi connectivity index (χ1) is 10.0. The van der Waals surface area contributed by atoms with E-state index in [-0.39, 0.29) is 24.3 Å². The molecule has 0 unspecified atom stereocenters. The minimum absolute atomic E-state index is 0.0287. The fraction of sp³-hybridized carbons (Fsp3) is 0.333. The quantitative estimate of drug-likeness (QED) is 0.862. The highest BCUT2D eigenvalue weighted by atomic mass is 32.1. The van der Waals surface area contributed by atoms with Gasteiger partial charge in [-0.25, -0.2) is 9.37 Å². The minimum Gasteiger partial charge on any atom is -0.353 e. The van der Waals surface area contributed by atoms with Gasteiger partial charge in [0.15, 0.2) is 0 Å². The number of hydrogen-bond donors (Lipinski definition) is 2. The van der Waals surface area contributed by atoms with E-state index in [2.05, 4.69) is 15.6 Å². The van der Waals surface area contributed by atoms with Crippen molar-refractivity contribution in [1.29, 1.82) is 0 Å². The van der Waals surface area contributed by atoms with Gasteiger partial charge in [0.25, 0.3) is 0 Å². The second kappa shape index (κ2) is 7.28. The molecule has 0 aliphatic carbocycles. The summed E-state index contributed by atoms with van der Waals surface area (Å²) in [6.07, 6.45) is 0. The van der Waals surface area contributed by atoms with E-state index in [0.29, 0.717) is 6.54 Å². The largest absolute Gasteiger partial charge is 0.353 e. The van der Waals surface area contributed by atoms with Gasteiger partial charge in [-0.2, -0.15) is 0 Å². The van der Waals surface area contributed by atoms with E-state index >= 15 is 0 Å². The van der Waals surface area contributed by atoms with E-state index in [9.17, 15) is 9.18 Å². The predicted molar refractivity (Wildman–Crippen MR) is 82.5 cm³/mol. The molecular weight excluding hydrogens is 289 g/mol. The van der Waals surface area contributed by atoms with Crippen molar-refractivity contribution in [2.75, 3.05) is 6.54 Å². The molecule has 2 aromatic rings. The van der Waals surface area contributed by atoms with E-state index in [1.807, 2.05) is 19.2 Å². The lowest BCUT2D eigenvalue weighted by atomic mass is 10.2. The van der Waals surface area contributed by atoms with Gasteiger partial charge in [0.05, 0.1) is 12.2 Å². The number of nitrogens with one attached hydrogen (secondary N) is 2. The lowest BCUT2D eigenvalue weighted by Gasteiger charge is -2.08. The van der Waals surface area contributed by atoms with Gasteiger partial charge in [-0.15, -0.1) is 11.3 Å². The zero-order valence-electron chi connectivity index (χ0n) is 12.0. The van der Waals surface area contributed by atoms with Crippen molar-refractivity contribution >= 4 is 17.2 Å². The topological polar surface area (TPSA) is 54.0 Å². The lowest BCUT2D eigenvalue weighted by molar-refractivity contribution is -0.120. The Labute approximate surface area is 127 Å². The van der Waals surface area contributed by atoms with Crippen molar-refractivity contribution in [2.24, 2.45) is 0 Å². The third kappa shape index (κ3) is 4.91. The second-order valence-electron chi connectivity index (χ2n) is 4.98. The molecule has 21 heavy (non-hydrogen) atoms. The molecule has 1 aromatic carbocycles. The Morgan fingerprint density at radius 1 is 1.33 bits per heavy atom. The third-order valence-electron chi connectivity index (χ3n) is 2.68. The summed E-state index contributed by atoms with van der Waals surface area (Å²) in [6.45, 7) is 4.64. The Balaban J connectivity index is 1.86. The number of benzene rings is 1. The Morgan fingerprint density at radius 2 is 2.05 bits per heavy atom. The van der Waals surface area contributed by atoms with E-state index in [0.717, 1.165) is 16.3 Å². The molecule has 0 bridgehead atoms. The summed E-state index contributed by atoms with van der Waals surface area (Å²) in [6, 6.07) is 6.40. The van der Waals surface area contributed by atoms with Crippen LogP contribution in [-0.4, -0.2) is 23.5 Å². The molecule has 0 saturated carbocycles. The molecule has 1 aromatic heterocycles. The zero-order chi connectivity index (χ0) is 15.2. The van der Waals surface area contributed by atoms with Crippen molar-refractivity contribution in [3.05, 3.63) is 41.2 Å². The molecule has 0 radical (unpaired) electrons. The van der Waals surface area contributed by atoms with Crippen LogP contribution in [0.3, 0.4) is 0 Å². The number of nitrogens with zero attached hydrogens (tertiary/aromatic N) is 1. The van der Waals surface area contributed by atoms with E-state index < -0.39 is 0 Å². The normalized spacial score (nSPS) is 10.9. The van der Waals surface area contributed by atoms with Gasteiger partial charge >= 0.3 is 0 Å². The molecule has 6 heteroatoms. The molecule has 0 fully saturated rings. The van der Waals surface area contributed by atoms with Crippen molar-refractivity contribution < 1.29 is 9.18 Å². The molecule has 0 atom stereocenters. The summed E-state index contributed by atoms with van der Waals surface area (Å²) in [5.74, 6) is -0.285. The average molecular weight is 307 g/mol. The SMILES string of the molecule is CC(C)NC(=O)CNCc1csc(-c2ccc(F)cc2)n1. The Hall–Kier alpha value is -1.79. The summed E-state index contributed by atoms with van der Waals surface area (Å²) in [4.78, 5) is 15.9.